The van der Waals surface area contributed by atoms with Crippen molar-refractivity contribution in [1.82, 2.24) is 15.0 Å². The Morgan fingerprint density at radius 3 is 2.47 bits per heavy atom. The van der Waals surface area contributed by atoms with E-state index in [1.807, 2.05) is 26.1 Å². The van der Waals surface area contributed by atoms with Crippen molar-refractivity contribution in [2.45, 2.75) is 20.3 Å². The molecule has 2 heterocycles. The topological polar surface area (TPSA) is 50.7 Å². The van der Waals surface area contributed by atoms with Crippen molar-refractivity contribution in [1.29, 1.82) is 0 Å². The van der Waals surface area contributed by atoms with Gasteiger partial charge in [-0.3, -0.25) is 4.98 Å². The molecule has 2 aromatic heterocycles. The summed E-state index contributed by atoms with van der Waals surface area (Å²) in [5.74, 6) is 1.64. The van der Waals surface area contributed by atoms with E-state index in [0.717, 1.165) is 34.9 Å². The molecule has 0 unspecified atom stereocenters. The quantitative estimate of drug-likeness (QED) is 0.876. The summed E-state index contributed by atoms with van der Waals surface area (Å²) in [5, 5.41) is 3.11. The van der Waals surface area contributed by atoms with Crippen molar-refractivity contribution in [2.75, 3.05) is 12.4 Å². The minimum Gasteiger partial charge on any atom is -0.373 e. The first-order valence-electron chi connectivity index (χ1n) is 5.72. The zero-order chi connectivity index (χ0) is 12.3. The van der Waals surface area contributed by atoms with Crippen LogP contribution < -0.4 is 5.32 Å². The zero-order valence-corrected chi connectivity index (χ0v) is 10.4. The summed E-state index contributed by atoms with van der Waals surface area (Å²) in [7, 11) is 1.88. The third-order valence-corrected chi connectivity index (χ3v) is 2.76. The molecular weight excluding hydrogens is 212 g/mol. The Hall–Kier alpha value is -1.97. The molecule has 0 amide bonds. The maximum atomic E-state index is 4.59. The second-order valence-corrected chi connectivity index (χ2v) is 3.81. The number of rotatable bonds is 3. The summed E-state index contributed by atoms with van der Waals surface area (Å²) in [4.78, 5) is 13.1. The van der Waals surface area contributed by atoms with Crippen molar-refractivity contribution in [2.24, 2.45) is 0 Å². The van der Waals surface area contributed by atoms with E-state index >= 15 is 0 Å². The van der Waals surface area contributed by atoms with Gasteiger partial charge in [-0.1, -0.05) is 6.92 Å². The number of hydrogen-bond donors (Lipinski definition) is 1. The van der Waals surface area contributed by atoms with Crippen molar-refractivity contribution in [3.8, 4) is 11.4 Å². The minimum absolute atomic E-state index is 0.749. The van der Waals surface area contributed by atoms with Crippen LogP contribution in [0.3, 0.4) is 0 Å². The number of aromatic nitrogens is 3. The van der Waals surface area contributed by atoms with Crippen LogP contribution in [-0.4, -0.2) is 22.0 Å². The molecule has 17 heavy (non-hydrogen) atoms. The largest absolute Gasteiger partial charge is 0.373 e. The molecular formula is C13H16N4. The van der Waals surface area contributed by atoms with Crippen LogP contribution in [0.4, 0.5) is 5.82 Å². The SMILES string of the molecule is CCc1nc(-c2ccncc2)nc(NC)c1C. The van der Waals surface area contributed by atoms with Crippen LogP contribution in [0.5, 0.6) is 0 Å². The van der Waals surface area contributed by atoms with Gasteiger partial charge < -0.3 is 5.32 Å². The first-order valence-corrected chi connectivity index (χ1v) is 5.72. The molecule has 2 aromatic rings. The van der Waals surface area contributed by atoms with Gasteiger partial charge in [-0.15, -0.1) is 0 Å². The molecule has 0 aromatic carbocycles. The Bertz CT molecular complexity index is 483. The smallest absolute Gasteiger partial charge is 0.161 e. The predicted octanol–water partition coefficient (Wildman–Crippen LogP) is 2.45. The standard InChI is InChI=1S/C13H16N4/c1-4-11-9(2)12(14-3)17-13(16-11)10-5-7-15-8-6-10/h5-8H,4H2,1-3H3,(H,14,16,17). The van der Waals surface area contributed by atoms with Crippen LogP contribution in [0.25, 0.3) is 11.4 Å². The first-order chi connectivity index (χ1) is 8.26. The average Bonchev–Trinajstić information content (AvgIpc) is 2.40. The fourth-order valence-electron chi connectivity index (χ4n) is 1.78. The van der Waals surface area contributed by atoms with E-state index in [9.17, 15) is 0 Å². The van der Waals surface area contributed by atoms with Crippen molar-refractivity contribution in [3.63, 3.8) is 0 Å². The van der Waals surface area contributed by atoms with E-state index < -0.39 is 0 Å². The molecule has 0 saturated carbocycles. The van der Waals surface area contributed by atoms with Crippen LogP contribution in [0.2, 0.25) is 0 Å². The third-order valence-electron chi connectivity index (χ3n) is 2.76. The fourth-order valence-corrected chi connectivity index (χ4v) is 1.78. The van der Waals surface area contributed by atoms with Crippen LogP contribution >= 0.6 is 0 Å². The Morgan fingerprint density at radius 2 is 1.88 bits per heavy atom. The van der Waals surface area contributed by atoms with Gasteiger partial charge in [0.25, 0.3) is 0 Å². The summed E-state index contributed by atoms with van der Waals surface area (Å²) >= 11 is 0. The molecule has 0 atom stereocenters. The minimum atomic E-state index is 0.749. The van der Waals surface area contributed by atoms with Crippen LogP contribution in [-0.2, 0) is 6.42 Å². The molecule has 88 valence electrons. The number of nitrogens with one attached hydrogen (secondary N) is 1. The predicted molar refractivity (Wildman–Crippen MR) is 68.9 cm³/mol. The first kappa shape index (κ1) is 11.5. The van der Waals surface area contributed by atoms with E-state index in [2.05, 4.69) is 27.2 Å². The highest BCUT2D eigenvalue weighted by Gasteiger charge is 2.09. The number of aryl methyl sites for hydroxylation is 1. The Labute approximate surface area is 101 Å². The molecule has 0 radical (unpaired) electrons. The lowest BCUT2D eigenvalue weighted by molar-refractivity contribution is 0.977. The number of hydrogen-bond acceptors (Lipinski definition) is 4. The Balaban J connectivity index is 2.56. The second kappa shape index (κ2) is 4.91. The van der Waals surface area contributed by atoms with E-state index in [1.165, 1.54) is 0 Å². The highest BCUT2D eigenvalue weighted by Crippen LogP contribution is 2.21. The Morgan fingerprint density at radius 1 is 1.18 bits per heavy atom. The van der Waals surface area contributed by atoms with Crippen LogP contribution in [0.15, 0.2) is 24.5 Å². The normalized spacial score (nSPS) is 10.3. The van der Waals surface area contributed by atoms with E-state index in [1.54, 1.807) is 12.4 Å². The summed E-state index contributed by atoms with van der Waals surface area (Å²) < 4.78 is 0. The molecule has 2 rings (SSSR count). The molecule has 1 N–H and O–H groups in total. The maximum absolute atomic E-state index is 4.59. The average molecular weight is 228 g/mol. The molecule has 0 saturated heterocycles. The Kier molecular flexibility index (Phi) is 3.32. The highest BCUT2D eigenvalue weighted by molar-refractivity contribution is 5.59. The third kappa shape index (κ3) is 2.25. The molecule has 0 spiro atoms. The molecule has 4 heteroatoms. The van der Waals surface area contributed by atoms with Gasteiger partial charge in [0.15, 0.2) is 5.82 Å². The van der Waals surface area contributed by atoms with Gasteiger partial charge in [0.05, 0.1) is 0 Å². The summed E-state index contributed by atoms with van der Waals surface area (Å²) in [6.45, 7) is 4.14. The van der Waals surface area contributed by atoms with Gasteiger partial charge in [-0.25, -0.2) is 9.97 Å². The number of anilines is 1. The van der Waals surface area contributed by atoms with Gasteiger partial charge >= 0.3 is 0 Å². The zero-order valence-electron chi connectivity index (χ0n) is 10.4. The molecule has 0 aliphatic rings. The molecule has 0 fully saturated rings. The van der Waals surface area contributed by atoms with Crippen molar-refractivity contribution < 1.29 is 0 Å². The van der Waals surface area contributed by atoms with E-state index in [-0.39, 0.29) is 0 Å². The van der Waals surface area contributed by atoms with Crippen molar-refractivity contribution in [3.05, 3.63) is 35.8 Å². The van der Waals surface area contributed by atoms with E-state index in [4.69, 9.17) is 0 Å². The number of nitrogens with zero attached hydrogens (tertiary/aromatic N) is 3. The molecule has 4 nitrogen and oxygen atoms in total. The summed E-state index contributed by atoms with van der Waals surface area (Å²) in [6, 6.07) is 3.84. The second-order valence-electron chi connectivity index (χ2n) is 3.81. The summed E-state index contributed by atoms with van der Waals surface area (Å²) in [5.41, 5.74) is 3.19. The van der Waals surface area contributed by atoms with Gasteiger partial charge in [-0.05, 0) is 25.5 Å². The van der Waals surface area contributed by atoms with Crippen molar-refractivity contribution >= 4 is 5.82 Å². The summed E-state index contributed by atoms with van der Waals surface area (Å²) in [6.07, 6.45) is 4.41. The van der Waals surface area contributed by atoms with Gasteiger partial charge in [0.1, 0.15) is 5.82 Å². The van der Waals surface area contributed by atoms with Gasteiger partial charge in [0, 0.05) is 36.3 Å². The highest BCUT2D eigenvalue weighted by atomic mass is 15.0. The maximum Gasteiger partial charge on any atom is 0.161 e. The monoisotopic (exact) mass is 228 g/mol. The lowest BCUT2D eigenvalue weighted by Crippen LogP contribution is -2.04. The molecule has 0 aliphatic heterocycles. The molecule has 0 bridgehead atoms. The lowest BCUT2D eigenvalue weighted by atomic mass is 10.1. The molecule has 0 aliphatic carbocycles. The van der Waals surface area contributed by atoms with Gasteiger partial charge in [0.2, 0.25) is 0 Å². The van der Waals surface area contributed by atoms with Crippen LogP contribution in [0, 0.1) is 6.92 Å². The fraction of sp³-hybridized carbons (Fsp3) is 0.308. The van der Waals surface area contributed by atoms with E-state index in [0.29, 0.717) is 0 Å². The van der Waals surface area contributed by atoms with Gasteiger partial charge in [-0.2, -0.15) is 0 Å². The lowest BCUT2D eigenvalue weighted by Gasteiger charge is -2.10. The number of pyridine rings is 1. The van der Waals surface area contributed by atoms with Crippen LogP contribution in [0.1, 0.15) is 18.2 Å².